The molecule has 0 bridgehead atoms. The molecule has 1 aliphatic rings. The first-order valence-electron chi connectivity index (χ1n) is 5.59. The molecule has 0 radical (unpaired) electrons. The van der Waals surface area contributed by atoms with Crippen LogP contribution < -0.4 is 0 Å². The minimum absolute atomic E-state index is 0.480. The van der Waals surface area contributed by atoms with Gasteiger partial charge >= 0.3 is 0 Å². The van der Waals surface area contributed by atoms with Crippen LogP contribution in [0.3, 0.4) is 0 Å². The van der Waals surface area contributed by atoms with Crippen LogP contribution in [0.2, 0.25) is 0 Å². The van der Waals surface area contributed by atoms with Crippen molar-refractivity contribution in [3.8, 4) is 0 Å². The molecule has 3 heteroatoms. The number of thiazole rings is 1. The van der Waals surface area contributed by atoms with Crippen molar-refractivity contribution in [3.63, 3.8) is 0 Å². The van der Waals surface area contributed by atoms with Crippen molar-refractivity contribution in [1.29, 1.82) is 0 Å². The van der Waals surface area contributed by atoms with Gasteiger partial charge in [-0.05, 0) is 37.0 Å². The number of hydrogen-bond acceptors (Lipinski definition) is 2. The van der Waals surface area contributed by atoms with Gasteiger partial charge in [0.05, 0.1) is 11.2 Å². The maximum atomic E-state index is 4.40. The minimum Gasteiger partial charge on any atom is -0.250 e. The van der Waals surface area contributed by atoms with Gasteiger partial charge < -0.3 is 0 Å². The lowest BCUT2D eigenvalue weighted by Crippen LogP contribution is -2.33. The zero-order valence-electron chi connectivity index (χ0n) is 9.37. The molecule has 1 heterocycles. The van der Waals surface area contributed by atoms with Gasteiger partial charge in [0.15, 0.2) is 0 Å². The number of nitrogens with zero attached hydrogens (tertiary/aromatic N) is 1. The highest BCUT2D eigenvalue weighted by atomic mass is 79.9. The standard InChI is InChI=1S/C12H18BrNS/c1-12(2)4-3-10(13)5-9(12)6-11-7-15-8-14-11/h7-10H,3-6H2,1-2H3. The number of hydrogen-bond donors (Lipinski definition) is 0. The lowest BCUT2D eigenvalue weighted by molar-refractivity contribution is 0.142. The smallest absolute Gasteiger partial charge is 0.0794 e. The summed E-state index contributed by atoms with van der Waals surface area (Å²) in [7, 11) is 0. The van der Waals surface area contributed by atoms with Crippen LogP contribution in [0.25, 0.3) is 0 Å². The quantitative estimate of drug-likeness (QED) is 0.740. The summed E-state index contributed by atoms with van der Waals surface area (Å²) in [5, 5.41) is 2.19. The molecular weight excluding hydrogens is 270 g/mol. The maximum absolute atomic E-state index is 4.40. The second kappa shape index (κ2) is 4.54. The van der Waals surface area contributed by atoms with Crippen molar-refractivity contribution in [3.05, 3.63) is 16.6 Å². The molecule has 1 saturated carbocycles. The third-order valence-electron chi connectivity index (χ3n) is 3.69. The van der Waals surface area contributed by atoms with Crippen LogP contribution in [-0.2, 0) is 6.42 Å². The zero-order chi connectivity index (χ0) is 10.9. The van der Waals surface area contributed by atoms with E-state index in [1.54, 1.807) is 11.3 Å². The summed E-state index contributed by atoms with van der Waals surface area (Å²) < 4.78 is 0. The van der Waals surface area contributed by atoms with Crippen molar-refractivity contribution in [2.75, 3.05) is 0 Å². The van der Waals surface area contributed by atoms with E-state index in [2.05, 4.69) is 40.1 Å². The number of rotatable bonds is 2. The molecule has 0 aromatic carbocycles. The Balaban J connectivity index is 2.05. The topological polar surface area (TPSA) is 12.9 Å². The molecule has 15 heavy (non-hydrogen) atoms. The molecule has 0 N–H and O–H groups in total. The van der Waals surface area contributed by atoms with E-state index < -0.39 is 0 Å². The summed E-state index contributed by atoms with van der Waals surface area (Å²) in [4.78, 5) is 5.12. The summed E-state index contributed by atoms with van der Waals surface area (Å²) >= 11 is 5.47. The summed E-state index contributed by atoms with van der Waals surface area (Å²) in [6.07, 6.45) is 5.10. The van der Waals surface area contributed by atoms with E-state index >= 15 is 0 Å². The van der Waals surface area contributed by atoms with Crippen molar-refractivity contribution in [2.24, 2.45) is 11.3 Å². The van der Waals surface area contributed by atoms with E-state index in [-0.39, 0.29) is 0 Å². The Kier molecular flexibility index (Phi) is 3.51. The van der Waals surface area contributed by atoms with Crippen molar-refractivity contribution in [2.45, 2.75) is 44.4 Å². The van der Waals surface area contributed by atoms with Crippen LogP contribution in [0.1, 0.15) is 38.8 Å². The van der Waals surface area contributed by atoms with Crippen LogP contribution in [0, 0.1) is 11.3 Å². The number of aromatic nitrogens is 1. The van der Waals surface area contributed by atoms with Gasteiger partial charge in [-0.15, -0.1) is 11.3 Å². The molecular formula is C12H18BrNS. The lowest BCUT2D eigenvalue weighted by Gasteiger charge is -2.40. The largest absolute Gasteiger partial charge is 0.250 e. The fourth-order valence-electron chi connectivity index (χ4n) is 2.43. The first-order valence-corrected chi connectivity index (χ1v) is 7.45. The van der Waals surface area contributed by atoms with Gasteiger partial charge in [0.2, 0.25) is 0 Å². The Morgan fingerprint density at radius 2 is 2.40 bits per heavy atom. The van der Waals surface area contributed by atoms with Gasteiger partial charge in [-0.25, -0.2) is 4.98 Å². The van der Waals surface area contributed by atoms with E-state index in [0.717, 1.165) is 12.3 Å². The SMILES string of the molecule is CC1(C)CCC(Br)CC1Cc1cscn1. The van der Waals surface area contributed by atoms with Gasteiger partial charge in [-0.2, -0.15) is 0 Å². The third-order valence-corrected chi connectivity index (χ3v) is 5.15. The molecule has 2 unspecified atom stereocenters. The first-order chi connectivity index (χ1) is 7.08. The molecule has 0 saturated heterocycles. The second-order valence-electron chi connectivity index (χ2n) is 5.24. The first kappa shape index (κ1) is 11.6. The Morgan fingerprint density at radius 3 is 3.07 bits per heavy atom. The highest BCUT2D eigenvalue weighted by Crippen LogP contribution is 2.44. The molecule has 0 aliphatic heterocycles. The molecule has 84 valence electrons. The average molecular weight is 288 g/mol. The molecule has 1 aromatic rings. The van der Waals surface area contributed by atoms with Gasteiger partial charge in [-0.1, -0.05) is 29.8 Å². The molecule has 2 rings (SSSR count). The van der Waals surface area contributed by atoms with Crippen molar-refractivity contribution in [1.82, 2.24) is 4.98 Å². The van der Waals surface area contributed by atoms with E-state index in [9.17, 15) is 0 Å². The van der Waals surface area contributed by atoms with Crippen LogP contribution in [-0.4, -0.2) is 9.81 Å². The molecule has 1 aliphatic carbocycles. The molecule has 2 atom stereocenters. The van der Waals surface area contributed by atoms with Crippen LogP contribution in [0.4, 0.5) is 0 Å². The average Bonchev–Trinajstić information content (AvgIpc) is 2.65. The molecule has 1 nitrogen and oxygen atoms in total. The molecule has 0 amide bonds. The van der Waals surface area contributed by atoms with Gasteiger partial charge in [0.25, 0.3) is 0 Å². The molecule has 1 fully saturated rings. The summed E-state index contributed by atoms with van der Waals surface area (Å²) in [6, 6.07) is 0. The number of halogens is 1. The summed E-state index contributed by atoms with van der Waals surface area (Å²) in [5.41, 5.74) is 3.70. The second-order valence-corrected chi connectivity index (χ2v) is 7.25. The van der Waals surface area contributed by atoms with Gasteiger partial charge in [0.1, 0.15) is 0 Å². The van der Waals surface area contributed by atoms with E-state index in [1.807, 2.05) is 5.51 Å². The Labute approximate surface area is 104 Å². The van der Waals surface area contributed by atoms with Crippen molar-refractivity contribution < 1.29 is 0 Å². The fraction of sp³-hybridized carbons (Fsp3) is 0.750. The lowest BCUT2D eigenvalue weighted by atomic mass is 9.67. The van der Waals surface area contributed by atoms with E-state index in [0.29, 0.717) is 10.2 Å². The third kappa shape index (κ3) is 2.82. The van der Waals surface area contributed by atoms with Gasteiger partial charge in [0, 0.05) is 10.2 Å². The summed E-state index contributed by atoms with van der Waals surface area (Å²) in [5.74, 6) is 0.776. The monoisotopic (exact) mass is 287 g/mol. The number of alkyl halides is 1. The summed E-state index contributed by atoms with van der Waals surface area (Å²) in [6.45, 7) is 4.81. The van der Waals surface area contributed by atoms with E-state index in [1.165, 1.54) is 25.0 Å². The normalized spacial score (nSPS) is 30.3. The maximum Gasteiger partial charge on any atom is 0.0794 e. The zero-order valence-corrected chi connectivity index (χ0v) is 11.8. The Bertz CT molecular complexity index is 307. The predicted octanol–water partition coefficient (Wildman–Crippen LogP) is 4.28. The molecule has 0 spiro atoms. The Hall–Kier alpha value is 0.110. The van der Waals surface area contributed by atoms with E-state index in [4.69, 9.17) is 0 Å². The fourth-order valence-corrected chi connectivity index (χ4v) is 3.68. The predicted molar refractivity (Wildman–Crippen MR) is 69.7 cm³/mol. The van der Waals surface area contributed by atoms with Crippen LogP contribution in [0.15, 0.2) is 10.9 Å². The molecule has 1 aromatic heterocycles. The highest BCUT2D eigenvalue weighted by molar-refractivity contribution is 9.09. The highest BCUT2D eigenvalue weighted by Gasteiger charge is 2.35. The van der Waals surface area contributed by atoms with Crippen molar-refractivity contribution >= 4 is 27.3 Å². The van der Waals surface area contributed by atoms with Crippen LogP contribution in [0.5, 0.6) is 0 Å². The minimum atomic E-state index is 0.480. The Morgan fingerprint density at radius 1 is 1.60 bits per heavy atom. The van der Waals surface area contributed by atoms with Gasteiger partial charge in [-0.3, -0.25) is 0 Å². The van der Waals surface area contributed by atoms with Crippen LogP contribution >= 0.6 is 27.3 Å².